The summed E-state index contributed by atoms with van der Waals surface area (Å²) >= 11 is 0. The van der Waals surface area contributed by atoms with E-state index >= 15 is 0 Å². The van der Waals surface area contributed by atoms with Gasteiger partial charge in [0, 0.05) is 17.4 Å². The molecule has 0 unspecified atom stereocenters. The number of anilines is 1. The molecule has 0 aliphatic carbocycles. The summed E-state index contributed by atoms with van der Waals surface area (Å²) in [6.45, 7) is 1.82. The van der Waals surface area contributed by atoms with Gasteiger partial charge in [-0.3, -0.25) is 14.7 Å². The molecule has 0 fully saturated rings. The van der Waals surface area contributed by atoms with E-state index in [1.54, 1.807) is 67.5 Å². The quantitative estimate of drug-likeness (QED) is 0.515. The fourth-order valence-corrected chi connectivity index (χ4v) is 3.27. The molecule has 0 aliphatic rings. The van der Waals surface area contributed by atoms with Gasteiger partial charge >= 0.3 is 0 Å². The van der Waals surface area contributed by atoms with E-state index in [2.05, 4.69) is 15.1 Å². The zero-order valence-corrected chi connectivity index (χ0v) is 17.3. The van der Waals surface area contributed by atoms with Crippen LogP contribution in [0.2, 0.25) is 0 Å². The van der Waals surface area contributed by atoms with Crippen LogP contribution in [0.4, 0.5) is 5.69 Å². The van der Waals surface area contributed by atoms with Crippen LogP contribution in [-0.2, 0) is 6.54 Å². The largest absolute Gasteiger partial charge is 0.497 e. The number of carbonyl (C=O) groups excluding carboxylic acids is 1. The third-order valence-corrected chi connectivity index (χ3v) is 4.78. The van der Waals surface area contributed by atoms with E-state index in [0.717, 1.165) is 0 Å². The van der Waals surface area contributed by atoms with Gasteiger partial charge < -0.3 is 14.4 Å². The number of nitrogens with one attached hydrogen (secondary N) is 1. The first kappa shape index (κ1) is 20.1. The molecule has 2 aromatic heterocycles. The third-order valence-electron chi connectivity index (χ3n) is 4.78. The number of rotatable bonds is 6. The number of carbonyl (C=O) groups is 1. The highest BCUT2D eigenvalue weighted by atomic mass is 16.5. The normalized spacial score (nSPS) is 10.8. The van der Waals surface area contributed by atoms with Gasteiger partial charge in [-0.25, -0.2) is 4.98 Å². The van der Waals surface area contributed by atoms with Crippen molar-refractivity contribution in [2.45, 2.75) is 13.5 Å². The van der Waals surface area contributed by atoms with Gasteiger partial charge in [0.05, 0.1) is 26.3 Å². The lowest BCUT2D eigenvalue weighted by Crippen LogP contribution is -2.31. The second-order valence-electron chi connectivity index (χ2n) is 6.83. The molecule has 4 rings (SSSR count). The van der Waals surface area contributed by atoms with E-state index in [1.807, 2.05) is 0 Å². The van der Waals surface area contributed by atoms with Crippen LogP contribution in [0.25, 0.3) is 5.78 Å². The number of aromatic nitrogens is 4. The van der Waals surface area contributed by atoms with Crippen molar-refractivity contribution in [3.63, 3.8) is 0 Å². The van der Waals surface area contributed by atoms with Crippen molar-refractivity contribution in [3.8, 4) is 11.5 Å². The number of para-hydroxylation sites is 1. The van der Waals surface area contributed by atoms with E-state index in [0.29, 0.717) is 34.3 Å². The van der Waals surface area contributed by atoms with Gasteiger partial charge in [0.1, 0.15) is 17.3 Å². The fourth-order valence-electron chi connectivity index (χ4n) is 3.27. The number of methoxy groups -OCH3 is 2. The highest BCUT2D eigenvalue weighted by Crippen LogP contribution is 2.26. The smallest absolute Gasteiger partial charge is 0.274 e. The Morgan fingerprint density at radius 2 is 1.81 bits per heavy atom. The van der Waals surface area contributed by atoms with Crippen molar-refractivity contribution >= 4 is 17.4 Å². The minimum atomic E-state index is -0.278. The van der Waals surface area contributed by atoms with E-state index < -0.39 is 0 Å². The monoisotopic (exact) mass is 419 g/mol. The number of aryl methyl sites for hydroxylation is 1. The van der Waals surface area contributed by atoms with Crippen LogP contribution in [0.15, 0.2) is 59.4 Å². The Hall–Kier alpha value is -4.14. The molecule has 0 spiro atoms. The van der Waals surface area contributed by atoms with Crippen LogP contribution in [0.3, 0.4) is 0 Å². The van der Waals surface area contributed by atoms with Crippen molar-refractivity contribution in [1.29, 1.82) is 0 Å². The molecule has 1 amide bonds. The summed E-state index contributed by atoms with van der Waals surface area (Å²) in [6.07, 6.45) is 0. The van der Waals surface area contributed by atoms with Crippen molar-refractivity contribution in [2.24, 2.45) is 0 Å². The number of ether oxygens (including phenoxy) is 2. The Morgan fingerprint density at radius 3 is 2.52 bits per heavy atom. The number of hydrogen-bond acceptors (Lipinski definition) is 6. The SMILES string of the molecule is COc1ccc(N(Cc2nc3nc(C)cc(=O)n3[nH]2)C(=O)c2ccccc2OC)cc1. The number of hydrogen-bond donors (Lipinski definition) is 1. The molecule has 0 saturated carbocycles. The number of benzene rings is 2. The topological polar surface area (TPSA) is 102 Å². The first-order chi connectivity index (χ1) is 15.0. The zero-order chi connectivity index (χ0) is 22.0. The average Bonchev–Trinajstić information content (AvgIpc) is 3.20. The lowest BCUT2D eigenvalue weighted by molar-refractivity contribution is 0.0981. The minimum absolute atomic E-state index is 0.0884. The van der Waals surface area contributed by atoms with Crippen molar-refractivity contribution < 1.29 is 14.3 Å². The predicted octanol–water partition coefficient (Wildman–Crippen LogP) is 2.59. The highest BCUT2D eigenvalue weighted by Gasteiger charge is 2.23. The number of H-pyrrole nitrogens is 1. The van der Waals surface area contributed by atoms with Crippen LogP contribution >= 0.6 is 0 Å². The number of fused-ring (bicyclic) bond motifs is 1. The Labute approximate surface area is 177 Å². The van der Waals surface area contributed by atoms with Crippen molar-refractivity contribution in [2.75, 3.05) is 19.1 Å². The summed E-state index contributed by atoms with van der Waals surface area (Å²) in [6, 6.07) is 15.5. The maximum atomic E-state index is 13.5. The Kier molecular flexibility index (Phi) is 5.40. The summed E-state index contributed by atoms with van der Waals surface area (Å²) in [5, 5.41) is 2.93. The lowest BCUT2D eigenvalue weighted by Gasteiger charge is -2.23. The van der Waals surface area contributed by atoms with Crippen LogP contribution in [0.1, 0.15) is 21.9 Å². The zero-order valence-electron chi connectivity index (χ0n) is 17.3. The van der Waals surface area contributed by atoms with Crippen LogP contribution < -0.4 is 19.9 Å². The molecule has 9 nitrogen and oxygen atoms in total. The first-order valence-corrected chi connectivity index (χ1v) is 9.54. The molecule has 0 saturated heterocycles. The molecule has 0 aliphatic heterocycles. The summed E-state index contributed by atoms with van der Waals surface area (Å²) in [4.78, 5) is 35.9. The Balaban J connectivity index is 1.77. The summed E-state index contributed by atoms with van der Waals surface area (Å²) in [5.41, 5.74) is 1.34. The van der Waals surface area contributed by atoms with Gasteiger partial charge in [-0.1, -0.05) is 12.1 Å². The van der Waals surface area contributed by atoms with Gasteiger partial charge in [-0.05, 0) is 43.3 Å². The van der Waals surface area contributed by atoms with Gasteiger partial charge in [-0.2, -0.15) is 9.50 Å². The Morgan fingerprint density at radius 1 is 1.06 bits per heavy atom. The van der Waals surface area contributed by atoms with E-state index in [-0.39, 0.29) is 23.8 Å². The average molecular weight is 419 g/mol. The lowest BCUT2D eigenvalue weighted by atomic mass is 10.1. The summed E-state index contributed by atoms with van der Waals surface area (Å²) in [5.74, 6) is 1.51. The molecule has 9 heteroatoms. The molecule has 2 heterocycles. The highest BCUT2D eigenvalue weighted by molar-refractivity contribution is 6.07. The molecule has 0 bridgehead atoms. The number of amides is 1. The molecular formula is C22H21N5O4. The van der Waals surface area contributed by atoms with Crippen molar-refractivity contribution in [1.82, 2.24) is 19.6 Å². The van der Waals surface area contributed by atoms with E-state index in [4.69, 9.17) is 9.47 Å². The molecule has 31 heavy (non-hydrogen) atoms. The summed E-state index contributed by atoms with van der Waals surface area (Å²) < 4.78 is 11.8. The van der Waals surface area contributed by atoms with E-state index in [1.165, 1.54) is 17.7 Å². The maximum absolute atomic E-state index is 13.5. The van der Waals surface area contributed by atoms with Crippen molar-refractivity contribution in [3.05, 3.63) is 82.0 Å². The van der Waals surface area contributed by atoms with Gasteiger partial charge in [-0.15, -0.1) is 0 Å². The third kappa shape index (κ3) is 3.97. The van der Waals surface area contributed by atoms with Gasteiger partial charge in [0.15, 0.2) is 0 Å². The maximum Gasteiger partial charge on any atom is 0.274 e. The predicted molar refractivity (Wildman–Crippen MR) is 115 cm³/mol. The molecular weight excluding hydrogens is 398 g/mol. The van der Waals surface area contributed by atoms with Gasteiger partial charge in [0.2, 0.25) is 0 Å². The molecule has 1 N–H and O–H groups in total. The van der Waals surface area contributed by atoms with Crippen LogP contribution in [-0.4, -0.2) is 39.7 Å². The first-order valence-electron chi connectivity index (χ1n) is 9.54. The number of nitrogens with zero attached hydrogens (tertiary/aromatic N) is 4. The second kappa shape index (κ2) is 8.31. The van der Waals surface area contributed by atoms with Crippen LogP contribution in [0, 0.1) is 6.92 Å². The second-order valence-corrected chi connectivity index (χ2v) is 6.83. The number of aromatic amines is 1. The molecule has 158 valence electrons. The van der Waals surface area contributed by atoms with Gasteiger partial charge in [0.25, 0.3) is 17.2 Å². The molecule has 0 atom stereocenters. The fraction of sp³-hybridized carbons (Fsp3) is 0.182. The Bertz CT molecular complexity index is 1290. The van der Waals surface area contributed by atoms with Crippen LogP contribution in [0.5, 0.6) is 11.5 Å². The van der Waals surface area contributed by atoms with E-state index in [9.17, 15) is 9.59 Å². The molecule has 4 aromatic rings. The standard InChI is InChI=1S/C22H21N5O4/c1-14-12-20(28)27-22(23-14)24-19(25-27)13-26(15-8-10-16(30-2)11-9-15)21(29)17-6-4-5-7-18(17)31-3/h4-12H,13H2,1-3H3,(H,23,24,25). The molecule has 2 aromatic carbocycles. The minimum Gasteiger partial charge on any atom is -0.497 e. The molecule has 0 radical (unpaired) electrons. The summed E-state index contributed by atoms with van der Waals surface area (Å²) in [7, 11) is 3.09.